The Labute approximate surface area is 343 Å². The highest BCUT2D eigenvalue weighted by Crippen LogP contribution is 2.43. The SMILES string of the molecule is c1ccc2c(c1)oc1c(-c3ccc(N(c4ccc(-c5cccc6c5oc5ccccc56)cc4)c4ccc5c(ccc6ccc7c8ccccc8oc7c65)c4)cc3)cccc12. The summed E-state index contributed by atoms with van der Waals surface area (Å²) in [6.45, 7) is 0. The van der Waals surface area contributed by atoms with Crippen molar-refractivity contribution in [1.82, 2.24) is 0 Å². The lowest BCUT2D eigenvalue weighted by Crippen LogP contribution is -2.09. The molecule has 280 valence electrons. The molecule has 0 saturated carbocycles. The van der Waals surface area contributed by atoms with Crippen LogP contribution in [-0.4, -0.2) is 0 Å². The molecule has 0 bridgehead atoms. The maximum Gasteiger partial charge on any atom is 0.143 e. The molecule has 0 amide bonds. The summed E-state index contributed by atoms with van der Waals surface area (Å²) in [6.07, 6.45) is 0. The van der Waals surface area contributed by atoms with Gasteiger partial charge in [-0.1, -0.05) is 140 Å². The van der Waals surface area contributed by atoms with E-state index in [0.717, 1.165) is 127 Å². The average Bonchev–Trinajstić information content (AvgIpc) is 4.01. The molecule has 0 saturated heterocycles. The summed E-state index contributed by atoms with van der Waals surface area (Å²) < 4.78 is 19.4. The van der Waals surface area contributed by atoms with Gasteiger partial charge in [-0.3, -0.25) is 0 Å². The Balaban J connectivity index is 0.961. The van der Waals surface area contributed by atoms with Crippen LogP contribution in [0.4, 0.5) is 17.1 Å². The lowest BCUT2D eigenvalue weighted by molar-refractivity contribution is 0.669. The highest BCUT2D eigenvalue weighted by Gasteiger charge is 2.19. The van der Waals surface area contributed by atoms with Crippen LogP contribution in [-0.2, 0) is 0 Å². The first kappa shape index (κ1) is 32.9. The minimum absolute atomic E-state index is 0.896. The monoisotopic (exact) mass is 767 g/mol. The molecule has 0 fully saturated rings. The quantitative estimate of drug-likeness (QED) is 0.164. The third kappa shape index (κ3) is 4.91. The van der Waals surface area contributed by atoms with E-state index in [2.05, 4.69) is 169 Å². The third-order valence-corrected chi connectivity index (χ3v) is 12.3. The number of rotatable bonds is 5. The average molecular weight is 768 g/mol. The van der Waals surface area contributed by atoms with Crippen LogP contribution in [0, 0.1) is 0 Å². The molecule has 13 aromatic rings. The molecule has 60 heavy (non-hydrogen) atoms. The van der Waals surface area contributed by atoms with Gasteiger partial charge in [-0.05, 0) is 87.9 Å². The van der Waals surface area contributed by atoms with Crippen molar-refractivity contribution >= 4 is 104 Å². The number of nitrogens with zero attached hydrogens (tertiary/aromatic N) is 1. The number of furan rings is 3. The van der Waals surface area contributed by atoms with Crippen LogP contribution in [0.5, 0.6) is 0 Å². The molecule has 4 heteroatoms. The smallest absolute Gasteiger partial charge is 0.143 e. The van der Waals surface area contributed by atoms with Gasteiger partial charge in [0.05, 0.1) is 0 Å². The predicted molar refractivity (Wildman–Crippen MR) is 249 cm³/mol. The Bertz CT molecular complexity index is 3670. The van der Waals surface area contributed by atoms with Gasteiger partial charge in [0.1, 0.15) is 33.5 Å². The van der Waals surface area contributed by atoms with Crippen molar-refractivity contribution in [1.29, 1.82) is 0 Å². The molecule has 10 aromatic carbocycles. The zero-order valence-electron chi connectivity index (χ0n) is 32.2. The lowest BCUT2D eigenvalue weighted by atomic mass is 9.98. The summed E-state index contributed by atoms with van der Waals surface area (Å²) in [5, 5.41) is 11.3. The highest BCUT2D eigenvalue weighted by molar-refractivity contribution is 6.23. The Kier molecular flexibility index (Phi) is 6.98. The fourth-order valence-corrected chi connectivity index (χ4v) is 9.43. The topological polar surface area (TPSA) is 42.7 Å². The lowest BCUT2D eigenvalue weighted by Gasteiger charge is -2.26. The van der Waals surface area contributed by atoms with E-state index >= 15 is 0 Å². The molecule has 0 spiro atoms. The number of para-hydroxylation sites is 5. The largest absolute Gasteiger partial charge is 0.455 e. The van der Waals surface area contributed by atoms with Crippen LogP contribution in [0.3, 0.4) is 0 Å². The van der Waals surface area contributed by atoms with Gasteiger partial charge < -0.3 is 18.2 Å². The first-order valence-electron chi connectivity index (χ1n) is 20.3. The maximum atomic E-state index is 6.55. The van der Waals surface area contributed by atoms with E-state index in [4.69, 9.17) is 13.3 Å². The molecular formula is C56H33NO3. The number of anilines is 3. The van der Waals surface area contributed by atoms with Crippen LogP contribution in [0.1, 0.15) is 0 Å². The van der Waals surface area contributed by atoms with E-state index < -0.39 is 0 Å². The van der Waals surface area contributed by atoms with Crippen LogP contribution in [0.25, 0.3) is 110 Å². The van der Waals surface area contributed by atoms with E-state index in [1.807, 2.05) is 36.4 Å². The van der Waals surface area contributed by atoms with Crippen molar-refractivity contribution in [2.75, 3.05) is 4.90 Å². The molecule has 3 aromatic heterocycles. The second-order valence-electron chi connectivity index (χ2n) is 15.6. The first-order valence-corrected chi connectivity index (χ1v) is 20.3. The second kappa shape index (κ2) is 12.7. The van der Waals surface area contributed by atoms with Gasteiger partial charge in [0.15, 0.2) is 0 Å². The van der Waals surface area contributed by atoms with E-state index in [1.54, 1.807) is 0 Å². The van der Waals surface area contributed by atoms with Crippen molar-refractivity contribution in [2.24, 2.45) is 0 Å². The number of hydrogen-bond acceptors (Lipinski definition) is 4. The first-order chi connectivity index (χ1) is 29.7. The summed E-state index contributed by atoms with van der Waals surface area (Å²) in [5.41, 5.74) is 12.9. The molecule has 0 radical (unpaired) electrons. The highest BCUT2D eigenvalue weighted by atomic mass is 16.3. The number of hydrogen-bond donors (Lipinski definition) is 0. The molecule has 4 nitrogen and oxygen atoms in total. The third-order valence-electron chi connectivity index (χ3n) is 12.3. The Morgan fingerprint density at radius 2 is 0.700 bits per heavy atom. The molecule has 0 aliphatic carbocycles. The maximum absolute atomic E-state index is 6.55. The van der Waals surface area contributed by atoms with Gasteiger partial charge in [0.25, 0.3) is 0 Å². The van der Waals surface area contributed by atoms with Gasteiger partial charge in [-0.2, -0.15) is 0 Å². The van der Waals surface area contributed by atoms with Crippen molar-refractivity contribution in [3.8, 4) is 22.3 Å². The van der Waals surface area contributed by atoms with Gasteiger partial charge in [0, 0.05) is 65.9 Å². The summed E-state index contributed by atoms with van der Waals surface area (Å²) >= 11 is 0. The molecule has 0 N–H and O–H groups in total. The van der Waals surface area contributed by atoms with E-state index in [-0.39, 0.29) is 0 Å². The van der Waals surface area contributed by atoms with Crippen LogP contribution >= 0.6 is 0 Å². The summed E-state index contributed by atoms with van der Waals surface area (Å²) in [5.74, 6) is 0. The minimum atomic E-state index is 0.896. The van der Waals surface area contributed by atoms with Gasteiger partial charge >= 0.3 is 0 Å². The van der Waals surface area contributed by atoms with Crippen molar-refractivity contribution in [3.05, 3.63) is 200 Å². The molecular weight excluding hydrogens is 735 g/mol. The van der Waals surface area contributed by atoms with Gasteiger partial charge in [-0.25, -0.2) is 0 Å². The molecule has 0 atom stereocenters. The van der Waals surface area contributed by atoms with Crippen LogP contribution in [0.15, 0.2) is 213 Å². The van der Waals surface area contributed by atoms with Crippen molar-refractivity contribution in [3.63, 3.8) is 0 Å². The van der Waals surface area contributed by atoms with E-state index in [9.17, 15) is 0 Å². The minimum Gasteiger partial charge on any atom is -0.455 e. The molecule has 3 heterocycles. The van der Waals surface area contributed by atoms with E-state index in [1.165, 1.54) is 0 Å². The zero-order chi connectivity index (χ0) is 39.3. The molecule has 0 aliphatic rings. The number of fused-ring (bicyclic) bond motifs is 13. The van der Waals surface area contributed by atoms with Gasteiger partial charge in [0.2, 0.25) is 0 Å². The van der Waals surface area contributed by atoms with E-state index in [0.29, 0.717) is 0 Å². The van der Waals surface area contributed by atoms with Crippen molar-refractivity contribution < 1.29 is 13.3 Å². The fraction of sp³-hybridized carbons (Fsp3) is 0. The Hall–Kier alpha value is -8.08. The molecule has 0 aliphatic heterocycles. The standard InChI is InChI=1S/C56H33NO3/c1-4-16-50-44(9-1)47-14-7-12-42(54(47)58-50)34-21-26-38(27-22-34)57(39-28-23-35(24-29-39)43-13-8-15-48-45-10-2-5-17-51(45)59-55(43)48)40-30-32-41-37(33-40)20-19-36-25-31-49-46-11-3-6-18-52(46)60-56(49)53(36)41/h1-33H. The predicted octanol–water partition coefficient (Wildman–Crippen LogP) is 16.5. The summed E-state index contributed by atoms with van der Waals surface area (Å²) in [6, 6.07) is 70.8. The summed E-state index contributed by atoms with van der Waals surface area (Å²) in [7, 11) is 0. The Morgan fingerprint density at radius 3 is 1.25 bits per heavy atom. The van der Waals surface area contributed by atoms with Crippen molar-refractivity contribution in [2.45, 2.75) is 0 Å². The summed E-state index contributed by atoms with van der Waals surface area (Å²) in [4.78, 5) is 2.34. The number of benzene rings is 10. The van der Waals surface area contributed by atoms with Gasteiger partial charge in [-0.15, -0.1) is 0 Å². The molecule has 13 rings (SSSR count). The fourth-order valence-electron chi connectivity index (χ4n) is 9.43. The normalized spacial score (nSPS) is 12.0. The Morgan fingerprint density at radius 1 is 0.283 bits per heavy atom. The second-order valence-corrected chi connectivity index (χ2v) is 15.6. The van der Waals surface area contributed by atoms with Crippen LogP contribution < -0.4 is 4.90 Å². The molecule has 0 unspecified atom stereocenters. The van der Waals surface area contributed by atoms with Crippen LogP contribution in [0.2, 0.25) is 0 Å². The zero-order valence-corrected chi connectivity index (χ0v) is 32.2.